The Hall–Kier alpha value is -1.88. The average molecular weight is 288 g/mol. The summed E-state index contributed by atoms with van der Waals surface area (Å²) >= 11 is 1.57. The molecule has 1 aliphatic heterocycles. The van der Waals surface area contributed by atoms with E-state index in [0.717, 1.165) is 29.2 Å². The lowest BCUT2D eigenvalue weighted by Crippen LogP contribution is -2.12. The minimum atomic E-state index is -0.252. The number of aromatic nitrogens is 1. The number of fused-ring (bicyclic) bond motifs is 1. The number of benzene rings is 1. The van der Waals surface area contributed by atoms with Crippen LogP contribution in [0, 0.1) is 0 Å². The van der Waals surface area contributed by atoms with E-state index in [2.05, 4.69) is 39.9 Å². The highest BCUT2D eigenvalue weighted by atomic mass is 32.1. The molecule has 20 heavy (non-hydrogen) atoms. The van der Waals surface area contributed by atoms with E-state index in [1.54, 1.807) is 11.3 Å². The fraction of sp³-hybridized carbons (Fsp3) is 0.333. The quantitative estimate of drug-likeness (QED) is 0.814. The lowest BCUT2D eigenvalue weighted by Gasteiger charge is -2.11. The predicted molar refractivity (Wildman–Crippen MR) is 80.2 cm³/mol. The molecule has 3 rings (SSSR count). The van der Waals surface area contributed by atoms with Crippen molar-refractivity contribution in [1.29, 1.82) is 0 Å². The molecular formula is C15H16N2O2S. The van der Waals surface area contributed by atoms with Gasteiger partial charge in [-0.25, -0.2) is 4.98 Å². The molecule has 0 unspecified atom stereocenters. The van der Waals surface area contributed by atoms with Crippen molar-refractivity contribution < 1.29 is 9.53 Å². The predicted octanol–water partition coefficient (Wildman–Crippen LogP) is 2.52. The first-order chi connectivity index (χ1) is 9.67. The summed E-state index contributed by atoms with van der Waals surface area (Å²) in [4.78, 5) is 18.0. The molecule has 5 heteroatoms. The number of anilines is 1. The Morgan fingerprint density at radius 2 is 2.35 bits per heavy atom. The Labute approximate surface area is 122 Å². The van der Waals surface area contributed by atoms with Crippen molar-refractivity contribution in [3.63, 3.8) is 0 Å². The van der Waals surface area contributed by atoms with Gasteiger partial charge < -0.3 is 9.64 Å². The van der Waals surface area contributed by atoms with E-state index in [1.807, 2.05) is 5.38 Å². The summed E-state index contributed by atoms with van der Waals surface area (Å²) < 4.78 is 4.66. The topological polar surface area (TPSA) is 42.4 Å². The molecule has 0 saturated carbocycles. The fourth-order valence-corrected chi connectivity index (χ4v) is 3.26. The molecule has 4 nitrogen and oxygen atoms in total. The third kappa shape index (κ3) is 2.41. The first-order valence-electron chi connectivity index (χ1n) is 6.53. The van der Waals surface area contributed by atoms with Crippen molar-refractivity contribution in [1.82, 2.24) is 4.98 Å². The minimum Gasteiger partial charge on any atom is -0.469 e. The number of esters is 1. The van der Waals surface area contributed by atoms with Gasteiger partial charge in [-0.2, -0.15) is 0 Å². The molecule has 0 saturated heterocycles. The van der Waals surface area contributed by atoms with Crippen LogP contribution in [-0.4, -0.2) is 31.7 Å². The molecule has 0 amide bonds. The van der Waals surface area contributed by atoms with Gasteiger partial charge in [-0.1, -0.05) is 0 Å². The van der Waals surface area contributed by atoms with E-state index < -0.39 is 0 Å². The van der Waals surface area contributed by atoms with Gasteiger partial charge >= 0.3 is 5.97 Å². The number of methoxy groups -OCH3 is 1. The Bertz CT molecular complexity index is 651. The van der Waals surface area contributed by atoms with E-state index in [-0.39, 0.29) is 12.4 Å². The smallest absolute Gasteiger partial charge is 0.311 e. The van der Waals surface area contributed by atoms with Gasteiger partial charge in [0.1, 0.15) is 5.01 Å². The molecule has 0 atom stereocenters. The minimum absolute atomic E-state index is 0.237. The van der Waals surface area contributed by atoms with Crippen LogP contribution in [0.2, 0.25) is 0 Å². The van der Waals surface area contributed by atoms with E-state index in [1.165, 1.54) is 18.4 Å². The number of carbonyl (C=O) groups excluding carboxylic acids is 1. The maximum Gasteiger partial charge on any atom is 0.311 e. The molecule has 0 bridgehead atoms. The van der Waals surface area contributed by atoms with Crippen molar-refractivity contribution in [2.45, 2.75) is 12.8 Å². The SMILES string of the molecule is COC(=O)Cc1csc(-c2ccc3c(c2)CCN3C)n1. The second-order valence-electron chi connectivity index (χ2n) is 4.91. The highest BCUT2D eigenvalue weighted by Gasteiger charge is 2.17. The molecule has 0 radical (unpaired) electrons. The Kier molecular flexibility index (Phi) is 3.44. The summed E-state index contributed by atoms with van der Waals surface area (Å²) in [5.41, 5.74) is 4.57. The van der Waals surface area contributed by atoms with Crippen molar-refractivity contribution in [2.24, 2.45) is 0 Å². The number of nitrogens with zero attached hydrogens (tertiary/aromatic N) is 2. The molecular weight excluding hydrogens is 272 g/mol. The molecule has 0 fully saturated rings. The number of carbonyl (C=O) groups is 1. The second-order valence-corrected chi connectivity index (χ2v) is 5.77. The first-order valence-corrected chi connectivity index (χ1v) is 7.41. The summed E-state index contributed by atoms with van der Waals surface area (Å²) in [6.07, 6.45) is 1.32. The van der Waals surface area contributed by atoms with Crippen LogP contribution in [0.5, 0.6) is 0 Å². The monoisotopic (exact) mass is 288 g/mol. The van der Waals surface area contributed by atoms with Gasteiger partial charge in [0.25, 0.3) is 0 Å². The number of ether oxygens (including phenoxy) is 1. The van der Waals surface area contributed by atoms with E-state index in [0.29, 0.717) is 0 Å². The largest absolute Gasteiger partial charge is 0.469 e. The molecule has 0 aliphatic carbocycles. The van der Waals surface area contributed by atoms with Gasteiger partial charge in [0.15, 0.2) is 0 Å². The second kappa shape index (κ2) is 5.25. The van der Waals surface area contributed by atoms with E-state index in [4.69, 9.17) is 0 Å². The highest BCUT2D eigenvalue weighted by molar-refractivity contribution is 7.13. The maximum atomic E-state index is 11.3. The van der Waals surface area contributed by atoms with Crippen LogP contribution in [-0.2, 0) is 22.4 Å². The van der Waals surface area contributed by atoms with Gasteiger partial charge in [-0.15, -0.1) is 11.3 Å². The summed E-state index contributed by atoms with van der Waals surface area (Å²) in [6.45, 7) is 1.07. The third-order valence-electron chi connectivity index (χ3n) is 3.56. The molecule has 2 heterocycles. The van der Waals surface area contributed by atoms with Crippen LogP contribution in [0.4, 0.5) is 5.69 Å². The third-order valence-corrected chi connectivity index (χ3v) is 4.50. The van der Waals surface area contributed by atoms with E-state index >= 15 is 0 Å². The van der Waals surface area contributed by atoms with Crippen LogP contribution in [0.25, 0.3) is 10.6 Å². The summed E-state index contributed by atoms with van der Waals surface area (Å²) in [5, 5.41) is 2.88. The molecule has 1 aromatic heterocycles. The highest BCUT2D eigenvalue weighted by Crippen LogP contribution is 2.32. The molecule has 1 aromatic carbocycles. The van der Waals surface area contributed by atoms with Gasteiger partial charge in [-0.3, -0.25) is 4.79 Å². The van der Waals surface area contributed by atoms with Gasteiger partial charge in [-0.05, 0) is 30.2 Å². The molecule has 0 N–H and O–H groups in total. The molecule has 2 aromatic rings. The Morgan fingerprint density at radius 3 is 3.15 bits per heavy atom. The van der Waals surface area contributed by atoms with Gasteiger partial charge in [0.05, 0.1) is 19.2 Å². The maximum absolute atomic E-state index is 11.3. The van der Waals surface area contributed by atoms with Crippen LogP contribution >= 0.6 is 11.3 Å². The number of likely N-dealkylation sites (N-methyl/N-ethyl adjacent to an activating group) is 1. The van der Waals surface area contributed by atoms with Crippen molar-refractivity contribution >= 4 is 23.0 Å². The molecule has 0 spiro atoms. The summed E-state index contributed by atoms with van der Waals surface area (Å²) in [6, 6.07) is 6.46. The number of hydrogen-bond acceptors (Lipinski definition) is 5. The zero-order valence-corrected chi connectivity index (χ0v) is 12.4. The Morgan fingerprint density at radius 1 is 1.50 bits per heavy atom. The Balaban J connectivity index is 1.85. The standard InChI is InChI=1S/C15H16N2O2S/c1-17-6-5-10-7-11(3-4-13(10)17)15-16-12(9-20-15)8-14(18)19-2/h3-4,7,9H,5-6,8H2,1-2H3. The molecule has 1 aliphatic rings. The normalized spacial score (nSPS) is 13.4. The fourth-order valence-electron chi connectivity index (χ4n) is 2.44. The number of thiazole rings is 1. The lowest BCUT2D eigenvalue weighted by atomic mass is 10.1. The van der Waals surface area contributed by atoms with Crippen LogP contribution in [0.15, 0.2) is 23.6 Å². The number of rotatable bonds is 3. The zero-order chi connectivity index (χ0) is 14.1. The van der Waals surface area contributed by atoms with Crippen molar-refractivity contribution in [3.8, 4) is 10.6 Å². The number of hydrogen-bond donors (Lipinski definition) is 0. The van der Waals surface area contributed by atoms with Crippen LogP contribution in [0.3, 0.4) is 0 Å². The van der Waals surface area contributed by atoms with Crippen LogP contribution in [0.1, 0.15) is 11.3 Å². The average Bonchev–Trinajstić information content (AvgIpc) is 3.06. The molecule has 104 valence electrons. The van der Waals surface area contributed by atoms with Crippen molar-refractivity contribution in [3.05, 3.63) is 34.8 Å². The zero-order valence-electron chi connectivity index (χ0n) is 11.5. The summed E-state index contributed by atoms with van der Waals surface area (Å²) in [7, 11) is 3.51. The van der Waals surface area contributed by atoms with Crippen molar-refractivity contribution in [2.75, 3.05) is 25.6 Å². The van der Waals surface area contributed by atoms with Crippen LogP contribution < -0.4 is 4.90 Å². The lowest BCUT2D eigenvalue weighted by molar-refractivity contribution is -0.139. The van der Waals surface area contributed by atoms with E-state index in [9.17, 15) is 4.79 Å². The van der Waals surface area contributed by atoms with Gasteiger partial charge in [0, 0.05) is 30.2 Å². The first kappa shape index (κ1) is 13.1. The van der Waals surface area contributed by atoms with Gasteiger partial charge in [0.2, 0.25) is 0 Å². The summed E-state index contributed by atoms with van der Waals surface area (Å²) in [5.74, 6) is -0.252.